The molecule has 1 atom stereocenters. The summed E-state index contributed by atoms with van der Waals surface area (Å²) in [4.78, 5) is 2.29. The van der Waals surface area contributed by atoms with Gasteiger partial charge < -0.3 is 14.8 Å². The monoisotopic (exact) mass is 223 g/mol. The molecule has 0 aliphatic heterocycles. The summed E-state index contributed by atoms with van der Waals surface area (Å²) in [6, 6.07) is 2.76. The fourth-order valence-corrected chi connectivity index (χ4v) is 2.04. The van der Waals surface area contributed by atoms with Crippen molar-refractivity contribution in [3.63, 3.8) is 0 Å². The third-order valence-electron chi connectivity index (χ3n) is 3.01. The minimum Gasteiger partial charge on any atom is -0.357 e. The number of rotatable bonds is 6. The number of aryl methyl sites for hydroxylation is 1. The number of nitrogens with zero attached hydrogens (tertiary/aromatic N) is 2. The number of aromatic nitrogens is 1. The Hall–Kier alpha value is -0.800. The normalized spacial score (nSPS) is 13.7. The zero-order valence-electron chi connectivity index (χ0n) is 11.2. The lowest BCUT2D eigenvalue weighted by Crippen LogP contribution is -2.41. The largest absolute Gasteiger partial charge is 0.357 e. The first-order valence-corrected chi connectivity index (χ1v) is 5.98. The SMILES string of the molecule is CC(C)C(CNCc1ccn(C)c1)N(C)C. The molecule has 1 unspecified atom stereocenters. The fourth-order valence-electron chi connectivity index (χ4n) is 2.04. The first-order chi connectivity index (χ1) is 7.50. The second kappa shape index (κ2) is 6.06. The lowest BCUT2D eigenvalue weighted by molar-refractivity contribution is 0.224. The Morgan fingerprint density at radius 3 is 2.50 bits per heavy atom. The van der Waals surface area contributed by atoms with Gasteiger partial charge in [0.15, 0.2) is 0 Å². The maximum atomic E-state index is 3.52. The highest BCUT2D eigenvalue weighted by molar-refractivity contribution is 5.09. The molecule has 0 amide bonds. The molecule has 3 heteroatoms. The lowest BCUT2D eigenvalue weighted by Gasteiger charge is -2.28. The van der Waals surface area contributed by atoms with Gasteiger partial charge in [0.2, 0.25) is 0 Å². The molecule has 16 heavy (non-hydrogen) atoms. The van der Waals surface area contributed by atoms with E-state index in [1.807, 2.05) is 0 Å². The molecule has 1 heterocycles. The average Bonchev–Trinajstić information content (AvgIpc) is 2.57. The predicted octanol–water partition coefficient (Wildman–Crippen LogP) is 1.70. The van der Waals surface area contributed by atoms with Gasteiger partial charge in [0, 0.05) is 38.6 Å². The van der Waals surface area contributed by atoms with Crippen LogP contribution in [0.5, 0.6) is 0 Å². The van der Waals surface area contributed by atoms with E-state index in [1.165, 1.54) is 5.56 Å². The number of nitrogens with one attached hydrogen (secondary N) is 1. The van der Waals surface area contributed by atoms with Crippen LogP contribution in [0.3, 0.4) is 0 Å². The summed E-state index contributed by atoms with van der Waals surface area (Å²) in [5.41, 5.74) is 1.35. The van der Waals surface area contributed by atoms with E-state index < -0.39 is 0 Å². The molecule has 0 aromatic carbocycles. The van der Waals surface area contributed by atoms with E-state index in [2.05, 4.69) is 68.2 Å². The Kier molecular flexibility index (Phi) is 5.03. The average molecular weight is 223 g/mol. The fraction of sp³-hybridized carbons (Fsp3) is 0.692. The maximum absolute atomic E-state index is 3.52. The standard InChI is InChI=1S/C13H25N3/c1-11(2)13(15(3)4)9-14-8-12-6-7-16(5)10-12/h6-7,10-11,13-14H,8-9H2,1-5H3. The van der Waals surface area contributed by atoms with Gasteiger partial charge >= 0.3 is 0 Å². The Labute approximate surface area is 99.4 Å². The van der Waals surface area contributed by atoms with Crippen LogP contribution in [0.4, 0.5) is 0 Å². The van der Waals surface area contributed by atoms with Crippen molar-refractivity contribution in [2.75, 3.05) is 20.6 Å². The topological polar surface area (TPSA) is 20.2 Å². The highest BCUT2D eigenvalue weighted by atomic mass is 15.1. The van der Waals surface area contributed by atoms with E-state index in [4.69, 9.17) is 0 Å². The molecule has 1 N–H and O–H groups in total. The van der Waals surface area contributed by atoms with Gasteiger partial charge in [0.05, 0.1) is 0 Å². The predicted molar refractivity (Wildman–Crippen MR) is 69.4 cm³/mol. The first kappa shape index (κ1) is 13.3. The van der Waals surface area contributed by atoms with Gasteiger partial charge in [0.1, 0.15) is 0 Å². The van der Waals surface area contributed by atoms with Gasteiger partial charge in [-0.1, -0.05) is 13.8 Å². The summed E-state index contributed by atoms with van der Waals surface area (Å²) >= 11 is 0. The van der Waals surface area contributed by atoms with Crippen molar-refractivity contribution in [2.24, 2.45) is 13.0 Å². The van der Waals surface area contributed by atoms with Crippen LogP contribution in [0.2, 0.25) is 0 Å². The molecule has 1 aromatic rings. The van der Waals surface area contributed by atoms with Crippen molar-refractivity contribution in [1.82, 2.24) is 14.8 Å². The van der Waals surface area contributed by atoms with Gasteiger partial charge in [-0.3, -0.25) is 0 Å². The van der Waals surface area contributed by atoms with E-state index in [-0.39, 0.29) is 0 Å². The van der Waals surface area contributed by atoms with E-state index in [0.29, 0.717) is 12.0 Å². The zero-order valence-corrected chi connectivity index (χ0v) is 11.2. The molecular formula is C13H25N3. The molecule has 0 bridgehead atoms. The molecule has 1 aromatic heterocycles. The molecule has 1 rings (SSSR count). The highest BCUT2D eigenvalue weighted by Crippen LogP contribution is 2.06. The smallest absolute Gasteiger partial charge is 0.0237 e. The molecule has 0 radical (unpaired) electrons. The third-order valence-corrected chi connectivity index (χ3v) is 3.01. The molecule has 0 aliphatic rings. The van der Waals surface area contributed by atoms with E-state index in [0.717, 1.165) is 13.1 Å². The van der Waals surface area contributed by atoms with Crippen LogP contribution in [0.25, 0.3) is 0 Å². The van der Waals surface area contributed by atoms with E-state index >= 15 is 0 Å². The van der Waals surface area contributed by atoms with Gasteiger partial charge in [-0.25, -0.2) is 0 Å². The molecule has 0 aliphatic carbocycles. The third kappa shape index (κ3) is 3.99. The minimum atomic E-state index is 0.601. The summed E-state index contributed by atoms with van der Waals surface area (Å²) in [6.45, 7) is 6.54. The summed E-state index contributed by atoms with van der Waals surface area (Å²) in [5, 5.41) is 3.52. The summed E-state index contributed by atoms with van der Waals surface area (Å²) in [5.74, 6) is 0.679. The van der Waals surface area contributed by atoms with Crippen LogP contribution in [0.1, 0.15) is 19.4 Å². The molecule has 0 spiro atoms. The maximum Gasteiger partial charge on any atom is 0.0237 e. The van der Waals surface area contributed by atoms with E-state index in [9.17, 15) is 0 Å². The Morgan fingerprint density at radius 2 is 2.06 bits per heavy atom. The van der Waals surface area contributed by atoms with E-state index in [1.54, 1.807) is 0 Å². The zero-order chi connectivity index (χ0) is 12.1. The van der Waals surface area contributed by atoms with Gasteiger partial charge in [-0.05, 0) is 31.6 Å². The van der Waals surface area contributed by atoms with Crippen LogP contribution in [-0.4, -0.2) is 36.1 Å². The lowest BCUT2D eigenvalue weighted by atomic mass is 10.0. The summed E-state index contributed by atoms with van der Waals surface area (Å²) in [6.07, 6.45) is 4.25. The molecule has 0 fully saturated rings. The second-order valence-electron chi connectivity index (χ2n) is 5.09. The summed E-state index contributed by atoms with van der Waals surface area (Å²) in [7, 11) is 6.35. The summed E-state index contributed by atoms with van der Waals surface area (Å²) < 4.78 is 2.09. The van der Waals surface area contributed by atoms with Crippen LogP contribution in [-0.2, 0) is 13.6 Å². The molecule has 0 saturated heterocycles. The van der Waals surface area contributed by atoms with Crippen molar-refractivity contribution in [3.8, 4) is 0 Å². The van der Waals surface area contributed by atoms with Crippen LogP contribution in [0, 0.1) is 5.92 Å². The highest BCUT2D eigenvalue weighted by Gasteiger charge is 2.14. The van der Waals surface area contributed by atoms with Crippen LogP contribution >= 0.6 is 0 Å². The molecule has 92 valence electrons. The van der Waals surface area contributed by atoms with Crippen molar-refractivity contribution >= 4 is 0 Å². The van der Waals surface area contributed by atoms with Crippen LogP contribution < -0.4 is 5.32 Å². The number of hydrogen-bond acceptors (Lipinski definition) is 2. The van der Waals surface area contributed by atoms with Crippen molar-refractivity contribution in [1.29, 1.82) is 0 Å². The van der Waals surface area contributed by atoms with Crippen LogP contribution in [0.15, 0.2) is 18.5 Å². The molecule has 3 nitrogen and oxygen atoms in total. The van der Waals surface area contributed by atoms with Gasteiger partial charge in [-0.15, -0.1) is 0 Å². The van der Waals surface area contributed by atoms with Crippen molar-refractivity contribution in [2.45, 2.75) is 26.4 Å². The first-order valence-electron chi connectivity index (χ1n) is 5.98. The number of hydrogen-bond donors (Lipinski definition) is 1. The Morgan fingerprint density at radius 1 is 1.38 bits per heavy atom. The Bertz CT molecular complexity index is 294. The van der Waals surface area contributed by atoms with Gasteiger partial charge in [0.25, 0.3) is 0 Å². The Balaban J connectivity index is 2.33. The van der Waals surface area contributed by atoms with Crippen molar-refractivity contribution in [3.05, 3.63) is 24.0 Å². The second-order valence-corrected chi connectivity index (χ2v) is 5.09. The number of likely N-dealkylation sites (N-methyl/N-ethyl adjacent to an activating group) is 1. The van der Waals surface area contributed by atoms with Crippen molar-refractivity contribution < 1.29 is 0 Å². The van der Waals surface area contributed by atoms with Gasteiger partial charge in [-0.2, -0.15) is 0 Å². The molecule has 0 saturated carbocycles. The minimum absolute atomic E-state index is 0.601. The quantitative estimate of drug-likeness (QED) is 0.792. The molecular weight excluding hydrogens is 198 g/mol.